The summed E-state index contributed by atoms with van der Waals surface area (Å²) >= 11 is 0. The molecule has 2 aromatic carbocycles. The van der Waals surface area contributed by atoms with Crippen LogP contribution in [0.3, 0.4) is 0 Å². The van der Waals surface area contributed by atoms with Gasteiger partial charge in [0.1, 0.15) is 0 Å². The number of carbonyl (C=O) groups is 1. The Morgan fingerprint density at radius 1 is 0.941 bits per heavy atom. The molecule has 1 fully saturated rings. The molecule has 0 radical (unpaired) electrons. The monoisotopic (exact) mass is 464 g/mol. The van der Waals surface area contributed by atoms with Gasteiger partial charge in [0.05, 0.1) is 6.61 Å². The second-order valence-corrected chi connectivity index (χ2v) is 11.8. The lowest BCUT2D eigenvalue weighted by atomic mass is 9.80. The minimum absolute atomic E-state index is 0.0734. The largest absolute Gasteiger partial charge is 0.450 e. The average molecular weight is 465 g/mol. The quantitative estimate of drug-likeness (QED) is 0.450. The molecule has 1 aliphatic rings. The zero-order valence-electron chi connectivity index (χ0n) is 22.2. The predicted molar refractivity (Wildman–Crippen MR) is 142 cm³/mol. The van der Waals surface area contributed by atoms with E-state index in [1.165, 1.54) is 22.3 Å². The van der Waals surface area contributed by atoms with Crippen molar-refractivity contribution in [2.24, 2.45) is 0 Å². The normalized spacial score (nSPS) is 18.8. The molecule has 1 heterocycles. The first-order valence-corrected chi connectivity index (χ1v) is 12.9. The Bertz CT molecular complexity index is 863. The van der Waals surface area contributed by atoms with E-state index in [0.717, 1.165) is 25.8 Å². The van der Waals surface area contributed by atoms with Crippen molar-refractivity contribution in [2.75, 3.05) is 13.2 Å². The summed E-state index contributed by atoms with van der Waals surface area (Å²) in [4.78, 5) is 12.2. The van der Waals surface area contributed by atoms with Crippen molar-refractivity contribution in [3.05, 3.63) is 70.8 Å². The second-order valence-electron chi connectivity index (χ2n) is 11.8. The number of hydrogen-bond donors (Lipinski definition) is 2. The van der Waals surface area contributed by atoms with Crippen LogP contribution in [-0.4, -0.2) is 31.3 Å². The van der Waals surface area contributed by atoms with Crippen molar-refractivity contribution < 1.29 is 9.53 Å². The standard InChI is InChI=1S/C30H44N2O2/c1-8-9-18-34-28(33)32-25-19-26(31-20-25)27(21-10-14-23(15-11-21)29(2,3)4)22-12-16-24(17-13-22)30(5,6)7/h10-17,25-27,31H,8-9,18-20H2,1-7H3,(H,32,33)/t25-,26-/m1/s1. The zero-order chi connectivity index (χ0) is 24.9. The van der Waals surface area contributed by atoms with E-state index in [4.69, 9.17) is 4.74 Å². The van der Waals surface area contributed by atoms with Gasteiger partial charge in [0, 0.05) is 24.5 Å². The molecule has 0 aliphatic carbocycles. The van der Waals surface area contributed by atoms with Crippen LogP contribution in [0.5, 0.6) is 0 Å². The molecule has 2 aromatic rings. The van der Waals surface area contributed by atoms with Gasteiger partial charge >= 0.3 is 6.09 Å². The predicted octanol–water partition coefficient (Wildman–Crippen LogP) is 6.67. The summed E-state index contributed by atoms with van der Waals surface area (Å²) in [6, 6.07) is 18.5. The zero-order valence-corrected chi connectivity index (χ0v) is 22.2. The van der Waals surface area contributed by atoms with Crippen molar-refractivity contribution in [1.29, 1.82) is 0 Å². The van der Waals surface area contributed by atoms with Crippen LogP contribution >= 0.6 is 0 Å². The van der Waals surface area contributed by atoms with Gasteiger partial charge < -0.3 is 15.4 Å². The molecule has 0 spiro atoms. The van der Waals surface area contributed by atoms with Crippen molar-refractivity contribution in [3.63, 3.8) is 0 Å². The Balaban J connectivity index is 1.82. The van der Waals surface area contributed by atoms with Crippen molar-refractivity contribution >= 4 is 6.09 Å². The molecular weight excluding hydrogens is 420 g/mol. The van der Waals surface area contributed by atoms with Gasteiger partial charge in [-0.15, -0.1) is 0 Å². The van der Waals surface area contributed by atoms with Gasteiger partial charge in [0.25, 0.3) is 0 Å². The summed E-state index contributed by atoms with van der Waals surface area (Å²) in [7, 11) is 0. The van der Waals surface area contributed by atoms with Gasteiger partial charge in [0.15, 0.2) is 0 Å². The van der Waals surface area contributed by atoms with Crippen LogP contribution < -0.4 is 10.6 Å². The number of ether oxygens (including phenoxy) is 1. The van der Waals surface area contributed by atoms with E-state index in [9.17, 15) is 4.79 Å². The number of carbonyl (C=O) groups excluding carboxylic acids is 1. The number of amides is 1. The maximum absolute atomic E-state index is 12.2. The Labute approximate surface area is 206 Å². The third-order valence-electron chi connectivity index (χ3n) is 6.89. The fourth-order valence-corrected chi connectivity index (χ4v) is 4.69. The number of unbranched alkanes of at least 4 members (excludes halogenated alkanes) is 1. The van der Waals surface area contributed by atoms with Crippen LogP contribution in [0, 0.1) is 0 Å². The molecule has 4 heteroatoms. The maximum Gasteiger partial charge on any atom is 0.407 e. The SMILES string of the molecule is CCCCOC(=O)N[C@H]1CN[C@@H](C(c2ccc(C(C)(C)C)cc2)c2ccc(C(C)(C)C)cc2)C1. The molecular formula is C30H44N2O2. The summed E-state index contributed by atoms with van der Waals surface area (Å²) in [6.45, 7) is 16.8. The minimum atomic E-state index is -0.304. The lowest BCUT2D eigenvalue weighted by Crippen LogP contribution is -2.36. The van der Waals surface area contributed by atoms with Gasteiger partial charge in [-0.3, -0.25) is 0 Å². The first-order chi connectivity index (χ1) is 16.0. The second kappa shape index (κ2) is 10.9. The van der Waals surface area contributed by atoms with E-state index in [1.54, 1.807) is 0 Å². The maximum atomic E-state index is 12.2. The molecule has 0 bridgehead atoms. The van der Waals surface area contributed by atoms with E-state index >= 15 is 0 Å². The minimum Gasteiger partial charge on any atom is -0.450 e. The first-order valence-electron chi connectivity index (χ1n) is 12.9. The van der Waals surface area contributed by atoms with Gasteiger partial charge in [0.2, 0.25) is 0 Å². The number of alkyl carbamates (subject to hydrolysis) is 1. The highest BCUT2D eigenvalue weighted by Crippen LogP contribution is 2.35. The van der Waals surface area contributed by atoms with Crippen molar-refractivity contribution in [1.82, 2.24) is 10.6 Å². The molecule has 186 valence electrons. The molecule has 1 aliphatic heterocycles. The third kappa shape index (κ3) is 6.85. The summed E-state index contributed by atoms with van der Waals surface area (Å²) in [5.41, 5.74) is 5.54. The Morgan fingerprint density at radius 3 is 1.88 bits per heavy atom. The van der Waals surface area contributed by atoms with E-state index in [0.29, 0.717) is 6.61 Å². The smallest absolute Gasteiger partial charge is 0.407 e. The number of benzene rings is 2. The summed E-state index contributed by atoms with van der Waals surface area (Å²) in [5, 5.41) is 6.76. The van der Waals surface area contributed by atoms with Crippen LogP contribution in [0.15, 0.2) is 48.5 Å². The molecule has 34 heavy (non-hydrogen) atoms. The lowest BCUT2D eigenvalue weighted by Gasteiger charge is -2.27. The van der Waals surface area contributed by atoms with Crippen LogP contribution in [0.4, 0.5) is 4.79 Å². The fourth-order valence-electron chi connectivity index (χ4n) is 4.69. The van der Waals surface area contributed by atoms with Gasteiger partial charge in [-0.25, -0.2) is 4.79 Å². The first kappa shape index (κ1) is 26.3. The summed E-state index contributed by atoms with van der Waals surface area (Å²) in [6.07, 6.45) is 2.48. The molecule has 0 unspecified atom stereocenters. The highest BCUT2D eigenvalue weighted by Gasteiger charge is 2.33. The highest BCUT2D eigenvalue weighted by atomic mass is 16.5. The Hall–Kier alpha value is -2.33. The number of hydrogen-bond acceptors (Lipinski definition) is 3. The van der Waals surface area contributed by atoms with E-state index in [1.807, 2.05) is 0 Å². The molecule has 0 aromatic heterocycles. The molecule has 0 saturated carbocycles. The molecule has 2 N–H and O–H groups in total. The fraction of sp³-hybridized carbons (Fsp3) is 0.567. The van der Waals surface area contributed by atoms with E-state index in [-0.39, 0.29) is 34.9 Å². The van der Waals surface area contributed by atoms with Crippen molar-refractivity contribution in [2.45, 2.75) is 96.6 Å². The van der Waals surface area contributed by atoms with Crippen LogP contribution in [0.1, 0.15) is 95.9 Å². The Kier molecular flexibility index (Phi) is 8.46. The van der Waals surface area contributed by atoms with Crippen LogP contribution in [-0.2, 0) is 15.6 Å². The number of rotatable bonds is 7. The van der Waals surface area contributed by atoms with E-state index in [2.05, 4.69) is 108 Å². The van der Waals surface area contributed by atoms with Crippen molar-refractivity contribution in [3.8, 4) is 0 Å². The molecule has 3 rings (SSSR count). The number of nitrogens with one attached hydrogen (secondary N) is 2. The summed E-state index contributed by atoms with van der Waals surface area (Å²) in [5.74, 6) is 0.214. The van der Waals surface area contributed by atoms with Gasteiger partial charge in [-0.05, 0) is 45.9 Å². The van der Waals surface area contributed by atoms with Gasteiger partial charge in [-0.1, -0.05) is 103 Å². The third-order valence-corrected chi connectivity index (χ3v) is 6.89. The topological polar surface area (TPSA) is 50.4 Å². The molecule has 4 nitrogen and oxygen atoms in total. The average Bonchev–Trinajstić information content (AvgIpc) is 3.21. The lowest BCUT2D eigenvalue weighted by molar-refractivity contribution is 0.141. The van der Waals surface area contributed by atoms with Gasteiger partial charge in [-0.2, -0.15) is 0 Å². The molecule has 1 amide bonds. The van der Waals surface area contributed by atoms with Crippen LogP contribution in [0.2, 0.25) is 0 Å². The molecule has 2 atom stereocenters. The summed E-state index contributed by atoms with van der Waals surface area (Å²) < 4.78 is 5.32. The molecule has 1 saturated heterocycles. The van der Waals surface area contributed by atoms with E-state index < -0.39 is 0 Å². The highest BCUT2D eigenvalue weighted by molar-refractivity contribution is 5.67. The Morgan fingerprint density at radius 2 is 1.44 bits per heavy atom. The van der Waals surface area contributed by atoms with Crippen LogP contribution in [0.25, 0.3) is 0 Å².